The number of rotatable bonds is 3. The van der Waals surface area contributed by atoms with Crippen molar-refractivity contribution in [2.45, 2.75) is 37.5 Å². The van der Waals surface area contributed by atoms with Crippen LogP contribution in [0.2, 0.25) is 0 Å². The first-order valence-corrected chi connectivity index (χ1v) is 7.97. The van der Waals surface area contributed by atoms with Gasteiger partial charge < -0.3 is 0 Å². The Morgan fingerprint density at radius 2 is 2.05 bits per heavy atom. The molecule has 3 heteroatoms. The normalized spacial score (nSPS) is 16.1. The topological polar surface area (TPSA) is 0 Å². The molecule has 0 saturated carbocycles. The lowest BCUT2D eigenvalue weighted by Gasteiger charge is -2.08. The summed E-state index contributed by atoms with van der Waals surface area (Å²) in [6.07, 6.45) is 5.67. The third-order valence-electron chi connectivity index (χ3n) is 3.63. The van der Waals surface area contributed by atoms with Gasteiger partial charge in [-0.05, 0) is 61.4 Å². The molecule has 19 heavy (non-hydrogen) atoms. The van der Waals surface area contributed by atoms with E-state index in [9.17, 15) is 4.39 Å². The van der Waals surface area contributed by atoms with Gasteiger partial charge in [0, 0.05) is 9.75 Å². The fraction of sp³-hybridized carbons (Fsp3) is 0.375. The average molecular weight is 295 g/mol. The third kappa shape index (κ3) is 3.01. The van der Waals surface area contributed by atoms with E-state index in [0.29, 0.717) is 6.42 Å². The highest BCUT2D eigenvalue weighted by molar-refractivity contribution is 7.12. The maximum atomic E-state index is 13.2. The molecule has 100 valence electrons. The number of alkyl halides is 1. The predicted molar refractivity (Wildman–Crippen MR) is 79.7 cm³/mol. The van der Waals surface area contributed by atoms with Gasteiger partial charge in [-0.2, -0.15) is 0 Å². The van der Waals surface area contributed by atoms with Crippen LogP contribution in [0.25, 0.3) is 0 Å². The van der Waals surface area contributed by atoms with E-state index in [4.69, 9.17) is 11.6 Å². The Bertz CT molecular complexity index is 552. The summed E-state index contributed by atoms with van der Waals surface area (Å²) < 4.78 is 13.2. The minimum absolute atomic E-state index is 0.0441. The minimum Gasteiger partial charge on any atom is -0.207 e. The summed E-state index contributed by atoms with van der Waals surface area (Å²) >= 11 is 8.34. The molecule has 0 aliphatic heterocycles. The standard InChI is InChI=1S/C16H16ClFS/c17-14(9-11-4-3-6-13(18)8-11)16-10-12-5-1-2-7-15(12)19-16/h3-4,6,8,10,14H,1-2,5,7,9H2. The SMILES string of the molecule is Fc1cccc(CC(Cl)c2cc3c(s2)CCCC3)c1. The van der Waals surface area contributed by atoms with Crippen LogP contribution in [0.5, 0.6) is 0 Å². The Hall–Kier alpha value is -0.860. The van der Waals surface area contributed by atoms with E-state index in [2.05, 4.69) is 6.07 Å². The average Bonchev–Trinajstić information content (AvgIpc) is 2.82. The second-order valence-corrected chi connectivity index (χ2v) is 6.80. The van der Waals surface area contributed by atoms with E-state index in [1.807, 2.05) is 17.4 Å². The minimum atomic E-state index is -0.188. The van der Waals surface area contributed by atoms with Crippen LogP contribution in [-0.4, -0.2) is 0 Å². The van der Waals surface area contributed by atoms with Crippen LogP contribution in [0, 0.1) is 5.82 Å². The summed E-state index contributed by atoms with van der Waals surface area (Å²) in [7, 11) is 0. The van der Waals surface area contributed by atoms with Gasteiger partial charge in [-0.25, -0.2) is 4.39 Å². The fourth-order valence-electron chi connectivity index (χ4n) is 2.64. The Morgan fingerprint density at radius 1 is 1.21 bits per heavy atom. The van der Waals surface area contributed by atoms with Crippen molar-refractivity contribution in [3.8, 4) is 0 Å². The molecule has 0 fully saturated rings. The summed E-state index contributed by atoms with van der Waals surface area (Å²) in [5, 5.41) is -0.0441. The third-order valence-corrected chi connectivity index (χ3v) is 5.50. The van der Waals surface area contributed by atoms with Gasteiger partial charge in [0.1, 0.15) is 5.82 Å². The molecule has 0 spiro atoms. The molecule has 0 amide bonds. The second kappa shape index (κ2) is 5.64. The van der Waals surface area contributed by atoms with E-state index in [1.54, 1.807) is 12.1 Å². The van der Waals surface area contributed by atoms with E-state index >= 15 is 0 Å². The molecule has 0 N–H and O–H groups in total. The Kier molecular flexibility index (Phi) is 3.90. The zero-order chi connectivity index (χ0) is 13.2. The van der Waals surface area contributed by atoms with Gasteiger partial charge in [-0.15, -0.1) is 22.9 Å². The maximum Gasteiger partial charge on any atom is 0.123 e. The molecule has 0 bridgehead atoms. The van der Waals surface area contributed by atoms with E-state index in [-0.39, 0.29) is 11.2 Å². The van der Waals surface area contributed by atoms with Crippen LogP contribution in [0.1, 0.15) is 39.1 Å². The van der Waals surface area contributed by atoms with Crippen LogP contribution >= 0.6 is 22.9 Å². The molecule has 0 saturated heterocycles. The molecule has 1 aliphatic carbocycles. The predicted octanol–water partition coefficient (Wildman–Crippen LogP) is 5.29. The quantitative estimate of drug-likeness (QED) is 0.675. The van der Waals surface area contributed by atoms with Crippen molar-refractivity contribution in [1.29, 1.82) is 0 Å². The first-order chi connectivity index (χ1) is 9.22. The van der Waals surface area contributed by atoms with Crippen molar-refractivity contribution in [3.05, 3.63) is 57.0 Å². The van der Waals surface area contributed by atoms with Crippen molar-refractivity contribution in [2.24, 2.45) is 0 Å². The van der Waals surface area contributed by atoms with Crippen molar-refractivity contribution in [1.82, 2.24) is 0 Å². The van der Waals surface area contributed by atoms with Crippen molar-refractivity contribution in [3.63, 3.8) is 0 Å². The summed E-state index contributed by atoms with van der Waals surface area (Å²) in [6.45, 7) is 0. The first kappa shape index (κ1) is 13.1. The zero-order valence-electron chi connectivity index (χ0n) is 10.7. The van der Waals surface area contributed by atoms with Gasteiger partial charge in [0.05, 0.1) is 5.38 Å². The van der Waals surface area contributed by atoms with E-state index in [0.717, 1.165) is 5.56 Å². The van der Waals surface area contributed by atoms with E-state index in [1.165, 1.54) is 47.1 Å². The molecule has 1 aliphatic rings. The molecule has 2 aromatic rings. The lowest BCUT2D eigenvalue weighted by molar-refractivity contribution is 0.625. The molecule has 1 aromatic heterocycles. The summed E-state index contributed by atoms with van der Waals surface area (Å²) in [4.78, 5) is 2.74. The maximum absolute atomic E-state index is 13.2. The zero-order valence-corrected chi connectivity index (χ0v) is 12.2. The highest BCUT2D eigenvalue weighted by atomic mass is 35.5. The first-order valence-electron chi connectivity index (χ1n) is 6.72. The number of aryl methyl sites for hydroxylation is 2. The van der Waals surface area contributed by atoms with Gasteiger partial charge in [-0.3, -0.25) is 0 Å². The molecule has 1 heterocycles. The van der Waals surface area contributed by atoms with Gasteiger partial charge >= 0.3 is 0 Å². The van der Waals surface area contributed by atoms with Crippen LogP contribution in [-0.2, 0) is 19.3 Å². The molecule has 0 radical (unpaired) electrons. The molecule has 3 rings (SSSR count). The van der Waals surface area contributed by atoms with Gasteiger partial charge in [0.25, 0.3) is 0 Å². The second-order valence-electron chi connectivity index (χ2n) is 5.11. The number of thiophene rings is 1. The number of hydrogen-bond acceptors (Lipinski definition) is 1. The Labute approximate surface area is 122 Å². The van der Waals surface area contributed by atoms with Crippen LogP contribution in [0.3, 0.4) is 0 Å². The van der Waals surface area contributed by atoms with Gasteiger partial charge in [-0.1, -0.05) is 12.1 Å². The molecule has 1 atom stereocenters. The number of fused-ring (bicyclic) bond motifs is 1. The molecule has 1 unspecified atom stereocenters. The molecule has 0 nitrogen and oxygen atoms in total. The number of halogens is 2. The van der Waals surface area contributed by atoms with Gasteiger partial charge in [0.15, 0.2) is 0 Å². The highest BCUT2D eigenvalue weighted by Gasteiger charge is 2.18. The van der Waals surface area contributed by atoms with Crippen molar-refractivity contribution in [2.75, 3.05) is 0 Å². The lowest BCUT2D eigenvalue weighted by atomic mass is 9.99. The Balaban J connectivity index is 1.76. The molecule has 1 aromatic carbocycles. The highest BCUT2D eigenvalue weighted by Crippen LogP contribution is 2.36. The van der Waals surface area contributed by atoms with Gasteiger partial charge in [0.2, 0.25) is 0 Å². The van der Waals surface area contributed by atoms with Crippen molar-refractivity contribution >= 4 is 22.9 Å². The fourth-order valence-corrected chi connectivity index (χ4v) is 4.25. The summed E-state index contributed by atoms with van der Waals surface area (Å²) in [6, 6.07) is 8.98. The van der Waals surface area contributed by atoms with Crippen molar-refractivity contribution < 1.29 is 4.39 Å². The Morgan fingerprint density at radius 3 is 2.84 bits per heavy atom. The van der Waals surface area contributed by atoms with E-state index < -0.39 is 0 Å². The summed E-state index contributed by atoms with van der Waals surface area (Å²) in [5.41, 5.74) is 2.45. The number of hydrogen-bond donors (Lipinski definition) is 0. The smallest absolute Gasteiger partial charge is 0.123 e. The summed E-state index contributed by atoms with van der Waals surface area (Å²) in [5.74, 6) is -0.188. The number of benzene rings is 1. The molecular formula is C16H16ClFS. The lowest BCUT2D eigenvalue weighted by Crippen LogP contribution is -1.96. The molecular weight excluding hydrogens is 279 g/mol. The van der Waals surface area contributed by atoms with Crippen LogP contribution < -0.4 is 0 Å². The van der Waals surface area contributed by atoms with Crippen LogP contribution in [0.15, 0.2) is 30.3 Å². The largest absolute Gasteiger partial charge is 0.207 e. The van der Waals surface area contributed by atoms with Crippen LogP contribution in [0.4, 0.5) is 4.39 Å². The monoisotopic (exact) mass is 294 g/mol.